The molecule has 0 rings (SSSR count). The summed E-state index contributed by atoms with van der Waals surface area (Å²) >= 11 is 0. The number of amides is 1. The number of nitrogens with one attached hydrogen (secondary N) is 1. The smallest absolute Gasteiger partial charge is 0.387 e. The van der Waals surface area contributed by atoms with Crippen molar-refractivity contribution < 1.29 is 32.9 Å². The molecule has 70 heavy (non-hydrogen) atoms. The summed E-state index contributed by atoms with van der Waals surface area (Å²) in [4.78, 5) is 23.2. The summed E-state index contributed by atoms with van der Waals surface area (Å²) in [6.07, 6.45) is 71.7. The summed E-state index contributed by atoms with van der Waals surface area (Å²) in [6, 6.07) is -0.881. The van der Waals surface area contributed by atoms with Gasteiger partial charge in [-0.25, -0.2) is 4.57 Å². The minimum Gasteiger partial charge on any atom is -0.387 e. The van der Waals surface area contributed by atoms with Gasteiger partial charge >= 0.3 is 7.82 Å². The number of quaternary nitrogens is 1. The highest BCUT2D eigenvalue weighted by atomic mass is 31.2. The van der Waals surface area contributed by atoms with Crippen LogP contribution in [0.5, 0.6) is 0 Å². The third-order valence-corrected chi connectivity index (χ3v) is 13.9. The standard InChI is InChI=1S/C61H113N2O6P/c1-6-8-10-12-14-16-18-20-22-24-25-26-27-28-29-30-31-32-33-34-35-36-37-39-40-42-44-46-48-50-52-54-60(64)59(58-69-70(66,67)68-57-56-63(3,4)5)62-61(65)55-53-51-49-47-45-43-41-38-23-21-19-17-15-13-11-9-7-2/h9,11,15,17,21,23,41,43-44,46,52,54,59-60,64H,6-8,10,12-14,16,18-20,22,24-40,42,45,47-51,53,55-58H2,1-5H3,(H-,62,65,66,67)/p+1/b11-9-,17-15-,23-21-,43-41-,46-44+,54-52+. The first-order valence-corrected chi connectivity index (χ1v) is 30.8. The third kappa shape index (κ3) is 53.7. The van der Waals surface area contributed by atoms with Crippen LogP contribution in [-0.2, 0) is 18.4 Å². The van der Waals surface area contributed by atoms with Crippen LogP contribution < -0.4 is 5.32 Å². The molecule has 0 aliphatic heterocycles. The number of phosphoric ester groups is 1. The largest absolute Gasteiger partial charge is 0.472 e. The average Bonchev–Trinajstić information content (AvgIpc) is 3.32. The van der Waals surface area contributed by atoms with Crippen LogP contribution in [0.2, 0.25) is 0 Å². The lowest BCUT2D eigenvalue weighted by atomic mass is 10.0. The fourth-order valence-corrected chi connectivity index (χ4v) is 9.08. The van der Waals surface area contributed by atoms with Gasteiger partial charge in [0.25, 0.3) is 0 Å². The van der Waals surface area contributed by atoms with Gasteiger partial charge in [-0.15, -0.1) is 0 Å². The second-order valence-corrected chi connectivity index (χ2v) is 22.4. The normalized spacial score (nSPS) is 14.4. The number of hydrogen-bond donors (Lipinski definition) is 3. The second-order valence-electron chi connectivity index (χ2n) is 21.0. The zero-order chi connectivity index (χ0) is 51.3. The molecule has 0 saturated carbocycles. The Kier molecular flexibility index (Phi) is 50.3. The van der Waals surface area contributed by atoms with E-state index in [0.29, 0.717) is 17.4 Å². The van der Waals surface area contributed by atoms with Crippen LogP contribution in [-0.4, -0.2) is 73.4 Å². The zero-order valence-electron chi connectivity index (χ0n) is 46.5. The number of carbonyl (C=O) groups excluding carboxylic acids is 1. The van der Waals surface area contributed by atoms with Gasteiger partial charge in [-0.3, -0.25) is 13.8 Å². The molecule has 0 fully saturated rings. The number of allylic oxidation sites excluding steroid dienone is 11. The molecule has 0 bridgehead atoms. The first kappa shape index (κ1) is 67.9. The molecule has 8 nitrogen and oxygen atoms in total. The number of aliphatic hydroxyl groups excluding tert-OH is 1. The van der Waals surface area contributed by atoms with Crippen molar-refractivity contribution >= 4 is 13.7 Å². The maximum absolute atomic E-state index is 12.9. The lowest BCUT2D eigenvalue weighted by Crippen LogP contribution is -2.45. The number of hydrogen-bond acceptors (Lipinski definition) is 5. The van der Waals surface area contributed by atoms with Crippen LogP contribution in [0.1, 0.15) is 258 Å². The average molecular weight is 1000 g/mol. The van der Waals surface area contributed by atoms with Crippen molar-refractivity contribution in [3.8, 4) is 0 Å². The Morgan fingerprint density at radius 3 is 1.31 bits per heavy atom. The summed E-state index contributed by atoms with van der Waals surface area (Å²) in [5, 5.41) is 13.9. The molecule has 408 valence electrons. The molecular formula is C61H114N2O6P+. The van der Waals surface area contributed by atoms with Gasteiger partial charge in [0, 0.05) is 6.42 Å². The Morgan fingerprint density at radius 2 is 0.871 bits per heavy atom. The number of rotatable bonds is 53. The van der Waals surface area contributed by atoms with Crippen molar-refractivity contribution in [2.24, 2.45) is 0 Å². The molecule has 0 aromatic heterocycles. The third-order valence-electron chi connectivity index (χ3n) is 12.9. The summed E-state index contributed by atoms with van der Waals surface area (Å²) in [7, 11) is 1.53. The van der Waals surface area contributed by atoms with Crippen molar-refractivity contribution in [3.05, 3.63) is 72.9 Å². The number of carbonyl (C=O) groups is 1. The lowest BCUT2D eigenvalue weighted by molar-refractivity contribution is -0.870. The molecule has 1 amide bonds. The van der Waals surface area contributed by atoms with E-state index in [9.17, 15) is 19.4 Å². The van der Waals surface area contributed by atoms with Gasteiger partial charge in [0.1, 0.15) is 13.2 Å². The van der Waals surface area contributed by atoms with Crippen LogP contribution in [0.4, 0.5) is 0 Å². The van der Waals surface area contributed by atoms with E-state index < -0.39 is 20.0 Å². The van der Waals surface area contributed by atoms with Gasteiger partial charge < -0.3 is 19.8 Å². The van der Waals surface area contributed by atoms with Crippen LogP contribution in [0.15, 0.2) is 72.9 Å². The van der Waals surface area contributed by atoms with Crippen LogP contribution in [0.25, 0.3) is 0 Å². The van der Waals surface area contributed by atoms with Gasteiger partial charge in [0.15, 0.2) is 0 Å². The second kappa shape index (κ2) is 51.8. The number of likely N-dealkylation sites (N-methyl/N-ethyl adjacent to an activating group) is 1. The van der Waals surface area contributed by atoms with Crippen molar-refractivity contribution in [2.45, 2.75) is 270 Å². The lowest BCUT2D eigenvalue weighted by Gasteiger charge is -2.25. The van der Waals surface area contributed by atoms with Crippen LogP contribution in [0.3, 0.4) is 0 Å². The minimum absolute atomic E-state index is 0.0479. The fraction of sp³-hybridized carbons (Fsp3) is 0.787. The summed E-state index contributed by atoms with van der Waals surface area (Å²) in [5.41, 5.74) is 0. The Hall–Kier alpha value is -2.06. The highest BCUT2D eigenvalue weighted by Gasteiger charge is 2.27. The van der Waals surface area contributed by atoms with Gasteiger partial charge in [-0.2, -0.15) is 0 Å². The van der Waals surface area contributed by atoms with E-state index in [1.165, 1.54) is 161 Å². The summed E-state index contributed by atoms with van der Waals surface area (Å²) < 4.78 is 23.7. The molecule has 3 unspecified atom stereocenters. The topological polar surface area (TPSA) is 105 Å². The highest BCUT2D eigenvalue weighted by molar-refractivity contribution is 7.47. The molecule has 0 aromatic carbocycles. The van der Waals surface area contributed by atoms with E-state index in [1.807, 2.05) is 27.2 Å². The van der Waals surface area contributed by atoms with Crippen molar-refractivity contribution in [2.75, 3.05) is 40.9 Å². The molecular weight excluding hydrogens is 888 g/mol. The van der Waals surface area contributed by atoms with Crippen LogP contribution >= 0.6 is 7.82 Å². The molecule has 9 heteroatoms. The quantitative estimate of drug-likeness (QED) is 0.0243. The van der Waals surface area contributed by atoms with Crippen molar-refractivity contribution in [1.29, 1.82) is 0 Å². The minimum atomic E-state index is -4.37. The molecule has 0 aromatic rings. The molecule has 0 aliphatic carbocycles. The number of unbranched alkanes of at least 4 members (excludes halogenated alkanes) is 30. The van der Waals surface area contributed by atoms with Gasteiger partial charge in [0.05, 0.1) is 39.9 Å². The first-order chi connectivity index (χ1) is 34.0. The van der Waals surface area contributed by atoms with E-state index in [-0.39, 0.29) is 19.1 Å². The number of nitrogens with zero attached hydrogens (tertiary/aromatic N) is 1. The molecule has 0 heterocycles. The molecule has 0 radical (unpaired) electrons. The van der Waals surface area contributed by atoms with E-state index in [1.54, 1.807) is 6.08 Å². The summed E-state index contributed by atoms with van der Waals surface area (Å²) in [5.74, 6) is -0.211. The first-order valence-electron chi connectivity index (χ1n) is 29.3. The van der Waals surface area contributed by atoms with Gasteiger partial charge in [-0.1, -0.05) is 254 Å². The zero-order valence-corrected chi connectivity index (χ0v) is 47.4. The molecule has 0 spiro atoms. The Balaban J connectivity index is 4.20. The Morgan fingerprint density at radius 1 is 0.500 bits per heavy atom. The van der Waals surface area contributed by atoms with Crippen molar-refractivity contribution in [1.82, 2.24) is 5.32 Å². The van der Waals surface area contributed by atoms with E-state index in [0.717, 1.165) is 77.0 Å². The fourth-order valence-electron chi connectivity index (χ4n) is 8.34. The molecule has 0 saturated heterocycles. The Bertz CT molecular complexity index is 1370. The maximum atomic E-state index is 12.9. The van der Waals surface area contributed by atoms with E-state index >= 15 is 0 Å². The number of aliphatic hydroxyl groups is 1. The van der Waals surface area contributed by atoms with Gasteiger partial charge in [-0.05, 0) is 70.6 Å². The predicted molar refractivity (Wildman–Crippen MR) is 304 cm³/mol. The van der Waals surface area contributed by atoms with Gasteiger partial charge in [0.2, 0.25) is 5.91 Å². The monoisotopic (exact) mass is 1000 g/mol. The number of phosphoric acid groups is 1. The van der Waals surface area contributed by atoms with Crippen molar-refractivity contribution in [3.63, 3.8) is 0 Å². The Labute approximate surface area is 434 Å². The van der Waals surface area contributed by atoms with E-state index in [2.05, 4.69) is 79.9 Å². The highest BCUT2D eigenvalue weighted by Crippen LogP contribution is 2.43. The molecule has 0 aliphatic rings. The maximum Gasteiger partial charge on any atom is 0.472 e. The van der Waals surface area contributed by atoms with E-state index in [4.69, 9.17) is 9.05 Å². The molecule has 3 N–H and O–H groups in total. The van der Waals surface area contributed by atoms with Crippen LogP contribution in [0, 0.1) is 0 Å². The summed E-state index contributed by atoms with van der Waals surface area (Å²) in [6.45, 7) is 4.67. The predicted octanol–water partition coefficient (Wildman–Crippen LogP) is 17.9. The SMILES string of the molecule is CC/C=C\C/C=C\C/C=C\C/C=C\CCCCCCC(=O)NC(COP(=O)(O)OCC[N+](C)(C)C)C(O)/C=C/CC/C=C/CCCCCCCCCCCCCCCCCCCCCCCCCCC. The molecule has 3 atom stereocenters.